The van der Waals surface area contributed by atoms with Gasteiger partial charge in [0.25, 0.3) is 5.91 Å². The highest BCUT2D eigenvalue weighted by Crippen LogP contribution is 2.32. The van der Waals surface area contributed by atoms with Gasteiger partial charge in [0.15, 0.2) is 6.61 Å². The number of anilines is 1. The summed E-state index contributed by atoms with van der Waals surface area (Å²) in [6, 6.07) is 13.6. The number of alkyl halides is 3. The maximum absolute atomic E-state index is 12.8. The number of hydrogen-bond acceptors (Lipinski definition) is 5. The molecule has 4 aromatic rings. The van der Waals surface area contributed by atoms with Crippen molar-refractivity contribution in [2.45, 2.75) is 13.1 Å². The highest BCUT2D eigenvalue weighted by molar-refractivity contribution is 7.21. The van der Waals surface area contributed by atoms with Crippen LogP contribution in [0, 0.1) is 6.92 Å². The Bertz CT molecular complexity index is 1220. The van der Waals surface area contributed by atoms with Crippen molar-refractivity contribution in [1.82, 2.24) is 9.97 Å². The molecular formula is C22H16F3N3O2S. The van der Waals surface area contributed by atoms with Crippen molar-refractivity contribution in [3.05, 3.63) is 71.9 Å². The van der Waals surface area contributed by atoms with Crippen LogP contribution in [0.15, 0.2) is 60.8 Å². The summed E-state index contributed by atoms with van der Waals surface area (Å²) in [4.78, 5) is 21.9. The van der Waals surface area contributed by atoms with Gasteiger partial charge in [0, 0.05) is 17.4 Å². The van der Waals surface area contributed by atoms with E-state index in [1.165, 1.54) is 23.5 Å². The molecular weight excluding hydrogens is 427 g/mol. The van der Waals surface area contributed by atoms with Crippen molar-refractivity contribution in [3.8, 4) is 16.3 Å². The summed E-state index contributed by atoms with van der Waals surface area (Å²) in [5.41, 5.74) is 2.29. The van der Waals surface area contributed by atoms with Gasteiger partial charge in [0.2, 0.25) is 0 Å². The molecule has 9 heteroatoms. The minimum atomic E-state index is -4.47. The van der Waals surface area contributed by atoms with Crippen LogP contribution in [0.2, 0.25) is 0 Å². The number of pyridine rings is 1. The van der Waals surface area contributed by atoms with Crippen LogP contribution in [-0.4, -0.2) is 22.5 Å². The lowest BCUT2D eigenvalue weighted by Crippen LogP contribution is -2.20. The molecule has 0 saturated carbocycles. The number of hydrogen-bond donors (Lipinski definition) is 1. The number of nitrogens with zero attached hydrogens (tertiary/aromatic N) is 2. The molecule has 0 aliphatic carbocycles. The van der Waals surface area contributed by atoms with E-state index in [4.69, 9.17) is 4.74 Å². The van der Waals surface area contributed by atoms with Crippen LogP contribution in [0.3, 0.4) is 0 Å². The molecule has 0 atom stereocenters. The summed E-state index contributed by atoms with van der Waals surface area (Å²) in [5, 5.41) is 3.54. The minimum absolute atomic E-state index is 0.0264. The third-order valence-electron chi connectivity index (χ3n) is 4.45. The first-order valence-electron chi connectivity index (χ1n) is 9.22. The SMILES string of the molecule is Cc1cc(-c2nc3cccnc3s2)ccc1NC(=O)COc1cccc(C(F)(F)F)c1. The highest BCUT2D eigenvalue weighted by atomic mass is 32.1. The zero-order chi connectivity index (χ0) is 22.0. The van der Waals surface area contributed by atoms with Gasteiger partial charge in [-0.15, -0.1) is 0 Å². The van der Waals surface area contributed by atoms with Gasteiger partial charge in [-0.05, 0) is 61.0 Å². The van der Waals surface area contributed by atoms with E-state index in [9.17, 15) is 18.0 Å². The molecule has 1 amide bonds. The lowest BCUT2D eigenvalue weighted by molar-refractivity contribution is -0.137. The average Bonchev–Trinajstić information content (AvgIpc) is 3.18. The quantitative estimate of drug-likeness (QED) is 0.430. The van der Waals surface area contributed by atoms with E-state index in [-0.39, 0.29) is 5.75 Å². The second kappa shape index (κ2) is 8.35. The lowest BCUT2D eigenvalue weighted by atomic mass is 10.1. The number of ether oxygens (including phenoxy) is 1. The number of thiazole rings is 1. The minimum Gasteiger partial charge on any atom is -0.484 e. The Labute approximate surface area is 179 Å². The number of amides is 1. The largest absolute Gasteiger partial charge is 0.484 e. The maximum atomic E-state index is 12.8. The van der Waals surface area contributed by atoms with Gasteiger partial charge in [-0.25, -0.2) is 9.97 Å². The first kappa shape index (κ1) is 20.8. The van der Waals surface area contributed by atoms with Crippen LogP contribution >= 0.6 is 11.3 Å². The molecule has 4 rings (SSSR count). The lowest BCUT2D eigenvalue weighted by Gasteiger charge is -2.12. The molecule has 31 heavy (non-hydrogen) atoms. The van der Waals surface area contributed by atoms with E-state index >= 15 is 0 Å². The number of fused-ring (bicyclic) bond motifs is 1. The summed E-state index contributed by atoms with van der Waals surface area (Å²) >= 11 is 1.48. The maximum Gasteiger partial charge on any atom is 0.416 e. The Hall–Kier alpha value is -3.46. The number of rotatable bonds is 5. The number of aromatic nitrogens is 2. The molecule has 1 N–H and O–H groups in total. The van der Waals surface area contributed by atoms with Crippen molar-refractivity contribution in [3.63, 3.8) is 0 Å². The monoisotopic (exact) mass is 443 g/mol. The normalized spacial score (nSPS) is 11.5. The molecule has 0 aliphatic heterocycles. The summed E-state index contributed by atoms with van der Waals surface area (Å²) in [6.45, 7) is 1.43. The van der Waals surface area contributed by atoms with Crippen LogP contribution < -0.4 is 10.1 Å². The van der Waals surface area contributed by atoms with Gasteiger partial charge in [-0.1, -0.05) is 17.4 Å². The Morgan fingerprint density at radius 3 is 2.71 bits per heavy atom. The summed E-state index contributed by atoms with van der Waals surface area (Å²) in [5.74, 6) is -0.501. The average molecular weight is 443 g/mol. The third-order valence-corrected chi connectivity index (χ3v) is 5.47. The molecule has 158 valence electrons. The molecule has 2 heterocycles. The first-order valence-corrected chi connectivity index (χ1v) is 10.0. The molecule has 0 aliphatic rings. The van der Waals surface area contributed by atoms with E-state index in [2.05, 4.69) is 15.3 Å². The summed E-state index contributed by atoms with van der Waals surface area (Å²) in [6.07, 6.45) is -2.75. The fraction of sp³-hybridized carbons (Fsp3) is 0.136. The first-order chi connectivity index (χ1) is 14.8. The Morgan fingerprint density at radius 2 is 1.97 bits per heavy atom. The molecule has 0 spiro atoms. The Balaban J connectivity index is 1.42. The molecule has 0 saturated heterocycles. The number of carbonyl (C=O) groups excluding carboxylic acids is 1. The van der Waals surface area contributed by atoms with E-state index in [1.807, 2.05) is 31.2 Å². The second-order valence-corrected chi connectivity index (χ2v) is 7.72. The van der Waals surface area contributed by atoms with Crippen LogP contribution in [0.4, 0.5) is 18.9 Å². The number of carbonyl (C=O) groups is 1. The van der Waals surface area contributed by atoms with Crippen LogP contribution in [0.25, 0.3) is 20.9 Å². The van der Waals surface area contributed by atoms with Crippen molar-refractivity contribution in [2.24, 2.45) is 0 Å². The third kappa shape index (κ3) is 4.83. The predicted octanol–water partition coefficient (Wildman–Crippen LogP) is 5.70. The van der Waals surface area contributed by atoms with Crippen molar-refractivity contribution in [2.75, 3.05) is 11.9 Å². The molecule has 0 radical (unpaired) electrons. The zero-order valence-corrected chi connectivity index (χ0v) is 17.1. The van der Waals surface area contributed by atoms with Crippen molar-refractivity contribution in [1.29, 1.82) is 0 Å². The van der Waals surface area contributed by atoms with E-state index < -0.39 is 24.3 Å². The molecule has 0 bridgehead atoms. The second-order valence-electron chi connectivity index (χ2n) is 6.74. The number of benzene rings is 2. The van der Waals surface area contributed by atoms with Crippen molar-refractivity contribution >= 4 is 33.3 Å². The summed E-state index contributed by atoms with van der Waals surface area (Å²) in [7, 11) is 0. The Morgan fingerprint density at radius 1 is 1.13 bits per heavy atom. The van der Waals surface area contributed by atoms with E-state index in [1.54, 1.807) is 12.3 Å². The molecule has 0 fully saturated rings. The van der Waals surface area contributed by atoms with Crippen molar-refractivity contribution < 1.29 is 22.7 Å². The molecule has 2 aromatic heterocycles. The van der Waals surface area contributed by atoms with Gasteiger partial charge in [0.05, 0.1) is 5.56 Å². The summed E-state index contributed by atoms with van der Waals surface area (Å²) < 4.78 is 43.5. The van der Waals surface area contributed by atoms with Gasteiger partial charge in [-0.2, -0.15) is 13.2 Å². The van der Waals surface area contributed by atoms with Gasteiger partial charge < -0.3 is 10.1 Å². The van der Waals surface area contributed by atoms with Gasteiger partial charge >= 0.3 is 6.18 Å². The van der Waals surface area contributed by atoms with E-state index in [0.717, 1.165) is 38.6 Å². The predicted molar refractivity (Wildman–Crippen MR) is 113 cm³/mol. The fourth-order valence-corrected chi connectivity index (χ4v) is 3.83. The standard InChI is InChI=1S/C22H16F3N3O2S/c1-13-10-14(20-28-18-6-3-9-26-21(18)31-20)7-8-17(13)27-19(29)12-30-16-5-2-4-15(11-16)22(23,24)25/h2-11H,12H2,1H3,(H,27,29). The smallest absolute Gasteiger partial charge is 0.416 e. The van der Waals surface area contributed by atoms with Gasteiger partial charge in [0.1, 0.15) is 21.1 Å². The van der Waals surface area contributed by atoms with Crippen LogP contribution in [0.5, 0.6) is 5.75 Å². The zero-order valence-electron chi connectivity index (χ0n) is 16.2. The molecule has 0 unspecified atom stereocenters. The topological polar surface area (TPSA) is 64.1 Å². The number of nitrogens with one attached hydrogen (secondary N) is 1. The molecule has 5 nitrogen and oxygen atoms in total. The van der Waals surface area contributed by atoms with Gasteiger partial charge in [-0.3, -0.25) is 4.79 Å². The van der Waals surface area contributed by atoms with Crippen LogP contribution in [0.1, 0.15) is 11.1 Å². The highest BCUT2D eigenvalue weighted by Gasteiger charge is 2.30. The molecule has 2 aromatic carbocycles. The number of aryl methyl sites for hydroxylation is 1. The van der Waals surface area contributed by atoms with E-state index in [0.29, 0.717) is 5.69 Å². The number of halogens is 3. The Kier molecular flexibility index (Phi) is 5.60. The van der Waals surface area contributed by atoms with Crippen LogP contribution in [-0.2, 0) is 11.0 Å². The fourth-order valence-electron chi connectivity index (χ4n) is 2.93.